The van der Waals surface area contributed by atoms with Crippen LogP contribution in [0.15, 0.2) is 29.5 Å². The number of amidine groups is 1. The van der Waals surface area contributed by atoms with Crippen LogP contribution in [0, 0.1) is 5.92 Å². The molecule has 2 aliphatic carbocycles. The molecule has 3 rings (SSSR count). The number of hydrogen-bond donors (Lipinski definition) is 3. The first-order valence-electron chi connectivity index (χ1n) is 10.2. The van der Waals surface area contributed by atoms with Crippen LogP contribution in [0.1, 0.15) is 57.4 Å². The molecule has 156 valence electrons. The van der Waals surface area contributed by atoms with Crippen LogP contribution in [0.3, 0.4) is 0 Å². The number of aromatic amines is 1. The molecule has 0 radical (unpaired) electrons. The highest BCUT2D eigenvalue weighted by Crippen LogP contribution is 2.30. The molecule has 0 atom stereocenters. The molecule has 1 heterocycles. The third kappa shape index (κ3) is 5.17. The highest BCUT2D eigenvalue weighted by Gasteiger charge is 2.31. The summed E-state index contributed by atoms with van der Waals surface area (Å²) in [6.07, 6.45) is 12.3. The van der Waals surface area contributed by atoms with Crippen LogP contribution in [-0.2, 0) is 10.0 Å². The minimum absolute atomic E-state index is 0.171. The van der Waals surface area contributed by atoms with Gasteiger partial charge in [-0.15, -0.1) is 0 Å². The quantitative estimate of drug-likeness (QED) is 0.477. The van der Waals surface area contributed by atoms with Gasteiger partial charge in [0.05, 0.1) is 11.3 Å². The molecule has 8 heteroatoms. The minimum atomic E-state index is -3.17. The molecule has 0 unspecified atom stereocenters. The predicted molar refractivity (Wildman–Crippen MR) is 115 cm³/mol. The van der Waals surface area contributed by atoms with E-state index in [2.05, 4.69) is 26.6 Å². The third-order valence-corrected chi connectivity index (χ3v) is 7.57. The van der Waals surface area contributed by atoms with Crippen molar-refractivity contribution in [2.24, 2.45) is 10.9 Å². The van der Waals surface area contributed by atoms with Crippen LogP contribution in [0.2, 0.25) is 0 Å². The van der Waals surface area contributed by atoms with E-state index in [1.54, 1.807) is 6.20 Å². The largest absolute Gasteiger partial charge is 0.385 e. The maximum Gasteiger partial charge on any atom is 0.212 e. The number of aliphatic imine (C=N–C) groups is 1. The van der Waals surface area contributed by atoms with Crippen LogP contribution in [-0.4, -0.2) is 49.0 Å². The summed E-state index contributed by atoms with van der Waals surface area (Å²) in [5.41, 5.74) is 6.97. The zero-order chi connectivity index (χ0) is 20.1. The number of H-pyrrole nitrogens is 1. The maximum absolute atomic E-state index is 12.4. The van der Waals surface area contributed by atoms with E-state index in [0.29, 0.717) is 11.9 Å². The van der Waals surface area contributed by atoms with Crippen LogP contribution < -0.4 is 10.5 Å². The number of aromatic nitrogens is 1. The molecule has 1 aromatic rings. The highest BCUT2D eigenvalue weighted by molar-refractivity contribution is 7.89. The summed E-state index contributed by atoms with van der Waals surface area (Å²) in [6, 6.07) is 2.44. The molecular formula is C20H33N5O2S. The van der Waals surface area contributed by atoms with E-state index < -0.39 is 10.0 Å². The van der Waals surface area contributed by atoms with Crippen molar-refractivity contribution in [2.75, 3.05) is 18.5 Å². The first kappa shape index (κ1) is 20.9. The van der Waals surface area contributed by atoms with E-state index >= 15 is 0 Å². The normalized spacial score (nSPS) is 24.4. The molecule has 28 heavy (non-hydrogen) atoms. The second-order valence-corrected chi connectivity index (χ2v) is 9.85. The fourth-order valence-electron chi connectivity index (χ4n) is 4.08. The van der Waals surface area contributed by atoms with Gasteiger partial charge in [0.2, 0.25) is 10.0 Å². The molecule has 0 aliphatic heterocycles. The van der Waals surface area contributed by atoms with Gasteiger partial charge in [0, 0.05) is 31.5 Å². The second-order valence-electron chi connectivity index (χ2n) is 8.05. The van der Waals surface area contributed by atoms with Gasteiger partial charge in [-0.3, -0.25) is 0 Å². The van der Waals surface area contributed by atoms with Gasteiger partial charge in [0.15, 0.2) is 0 Å². The second kappa shape index (κ2) is 9.13. The van der Waals surface area contributed by atoms with Gasteiger partial charge in [-0.2, -0.15) is 0 Å². The van der Waals surface area contributed by atoms with Crippen molar-refractivity contribution in [3.8, 4) is 0 Å². The number of nitrogen functional groups attached to an aromatic ring is 1. The average molecular weight is 408 g/mol. The van der Waals surface area contributed by atoms with Gasteiger partial charge in [0.25, 0.3) is 0 Å². The van der Waals surface area contributed by atoms with E-state index in [0.717, 1.165) is 56.3 Å². The number of nitrogens with two attached hydrogens (primary N) is 1. The predicted octanol–water partition coefficient (Wildman–Crippen LogP) is 2.84. The monoisotopic (exact) mass is 407 g/mol. The van der Waals surface area contributed by atoms with E-state index in [-0.39, 0.29) is 17.7 Å². The van der Waals surface area contributed by atoms with Crippen LogP contribution >= 0.6 is 0 Å². The SMILES string of the molecule is CC=CN=C(c1cc[nH]c1N)N(C)C1CCC(CS(=O)(=O)NC2CCC2)CC1. The fraction of sp³-hybridized carbons (Fsp3) is 0.650. The Morgan fingerprint density at radius 3 is 2.57 bits per heavy atom. The Morgan fingerprint density at radius 2 is 2.04 bits per heavy atom. The van der Waals surface area contributed by atoms with Gasteiger partial charge in [-0.1, -0.05) is 12.5 Å². The summed E-state index contributed by atoms with van der Waals surface area (Å²) in [7, 11) is -1.12. The zero-order valence-electron chi connectivity index (χ0n) is 16.9. The fourth-order valence-corrected chi connectivity index (χ4v) is 5.88. The van der Waals surface area contributed by atoms with Gasteiger partial charge in [-0.05, 0) is 57.4 Å². The van der Waals surface area contributed by atoms with Crippen molar-refractivity contribution in [3.63, 3.8) is 0 Å². The summed E-state index contributed by atoms with van der Waals surface area (Å²) in [4.78, 5) is 9.81. The third-order valence-electron chi connectivity index (χ3n) is 5.97. The molecule has 0 bridgehead atoms. The lowest BCUT2D eigenvalue weighted by molar-refractivity contribution is 0.240. The number of rotatable bonds is 7. The Bertz CT molecular complexity index is 802. The molecule has 7 nitrogen and oxygen atoms in total. The minimum Gasteiger partial charge on any atom is -0.385 e. The topological polar surface area (TPSA) is 104 Å². The Balaban J connectivity index is 1.59. The summed E-state index contributed by atoms with van der Waals surface area (Å²) in [6.45, 7) is 1.94. The Kier molecular flexibility index (Phi) is 6.82. The number of hydrogen-bond acceptors (Lipinski definition) is 4. The molecular weight excluding hydrogens is 374 g/mol. The van der Waals surface area contributed by atoms with Crippen LogP contribution in [0.5, 0.6) is 0 Å². The number of anilines is 1. The summed E-state index contributed by atoms with van der Waals surface area (Å²) >= 11 is 0. The Labute approximate surface area is 168 Å². The summed E-state index contributed by atoms with van der Waals surface area (Å²) in [5, 5.41) is 0. The van der Waals surface area contributed by atoms with E-state index in [9.17, 15) is 8.42 Å². The van der Waals surface area contributed by atoms with Crippen molar-refractivity contribution in [1.82, 2.24) is 14.6 Å². The van der Waals surface area contributed by atoms with Crippen molar-refractivity contribution in [1.29, 1.82) is 0 Å². The number of allylic oxidation sites excluding steroid dienone is 1. The van der Waals surface area contributed by atoms with Crippen molar-refractivity contribution < 1.29 is 8.42 Å². The molecule has 2 saturated carbocycles. The van der Waals surface area contributed by atoms with Crippen molar-refractivity contribution >= 4 is 21.7 Å². The molecule has 0 saturated heterocycles. The van der Waals surface area contributed by atoms with Crippen LogP contribution in [0.4, 0.5) is 5.82 Å². The Morgan fingerprint density at radius 1 is 1.32 bits per heavy atom. The van der Waals surface area contributed by atoms with Gasteiger partial charge in [0.1, 0.15) is 11.7 Å². The molecule has 0 spiro atoms. The zero-order valence-corrected chi connectivity index (χ0v) is 17.7. The first-order valence-corrected chi connectivity index (χ1v) is 11.9. The number of sulfonamides is 1. The standard InChI is InChI=1S/C20H33N5O2S/c1-3-12-23-20(18-11-13-22-19(18)21)25(2)17-9-7-15(8-10-17)14-28(26,27)24-16-5-4-6-16/h3,11-13,15-17,22,24H,4-10,14,21H2,1-2H3. The van der Waals surface area contributed by atoms with Crippen molar-refractivity contribution in [3.05, 3.63) is 30.1 Å². The van der Waals surface area contributed by atoms with Gasteiger partial charge in [-0.25, -0.2) is 18.1 Å². The smallest absolute Gasteiger partial charge is 0.212 e. The number of nitrogens with one attached hydrogen (secondary N) is 2. The van der Waals surface area contributed by atoms with Gasteiger partial charge >= 0.3 is 0 Å². The van der Waals surface area contributed by atoms with Gasteiger partial charge < -0.3 is 15.6 Å². The maximum atomic E-state index is 12.4. The van der Waals surface area contributed by atoms with E-state index in [4.69, 9.17) is 5.73 Å². The molecule has 4 N–H and O–H groups in total. The molecule has 0 aromatic carbocycles. The lowest BCUT2D eigenvalue weighted by Gasteiger charge is -2.36. The molecule has 2 aliphatic rings. The first-order chi connectivity index (χ1) is 13.4. The molecule has 0 amide bonds. The highest BCUT2D eigenvalue weighted by atomic mass is 32.2. The molecule has 1 aromatic heterocycles. The summed E-state index contributed by atoms with van der Waals surface area (Å²) < 4.78 is 27.6. The lowest BCUT2D eigenvalue weighted by atomic mass is 9.86. The summed E-state index contributed by atoms with van der Waals surface area (Å²) in [5.74, 6) is 1.94. The van der Waals surface area contributed by atoms with E-state index in [1.165, 1.54) is 0 Å². The van der Waals surface area contributed by atoms with E-state index in [1.807, 2.05) is 25.3 Å². The van der Waals surface area contributed by atoms with Crippen LogP contribution in [0.25, 0.3) is 0 Å². The Hall–Kier alpha value is -1.80. The average Bonchev–Trinajstić information content (AvgIpc) is 3.05. The lowest BCUT2D eigenvalue weighted by Crippen LogP contribution is -2.44. The molecule has 2 fully saturated rings. The van der Waals surface area contributed by atoms with Crippen molar-refractivity contribution in [2.45, 2.75) is 64.0 Å². The number of nitrogens with zero attached hydrogens (tertiary/aromatic N) is 2.